The Bertz CT molecular complexity index is 350. The van der Waals surface area contributed by atoms with Crippen molar-refractivity contribution in [2.75, 3.05) is 0 Å². The molecule has 0 saturated carbocycles. The highest BCUT2D eigenvalue weighted by Gasteiger charge is 2.11. The summed E-state index contributed by atoms with van der Waals surface area (Å²) < 4.78 is 4.55. The van der Waals surface area contributed by atoms with Gasteiger partial charge in [-0.2, -0.15) is 0 Å². The molecule has 0 unspecified atom stereocenters. The number of nitrogens with zero attached hydrogens (tertiary/aromatic N) is 2. The fourth-order valence-electron chi connectivity index (χ4n) is 0.710. The maximum absolute atomic E-state index is 10.5. The zero-order valence-electron chi connectivity index (χ0n) is 6.76. The summed E-state index contributed by atoms with van der Waals surface area (Å²) >= 11 is 0. The predicted octanol–water partition coefficient (Wildman–Crippen LogP) is 0.915. The molecule has 0 bridgehead atoms. The van der Waals surface area contributed by atoms with Gasteiger partial charge >= 0.3 is 17.7 Å². The molecule has 1 rings (SSSR count). The molecule has 0 aliphatic heterocycles. The minimum Gasteiger partial charge on any atom is -0.387 e. The molecular formula is C7H6N2O4. The van der Waals surface area contributed by atoms with Crippen LogP contribution in [0.25, 0.3) is 0 Å². The second kappa shape index (κ2) is 3.61. The summed E-state index contributed by atoms with van der Waals surface area (Å²) in [4.78, 5) is 23.5. The van der Waals surface area contributed by atoms with Gasteiger partial charge in [-0.3, -0.25) is 4.79 Å². The first kappa shape index (κ1) is 9.11. The first-order valence-corrected chi connectivity index (χ1v) is 3.39. The minimum atomic E-state index is -0.660. The first-order valence-electron chi connectivity index (χ1n) is 3.39. The molecule has 0 atom stereocenters. The van der Waals surface area contributed by atoms with Gasteiger partial charge in [0.15, 0.2) is 0 Å². The number of ether oxygens (including phenoxy) is 1. The number of nitro groups is 1. The van der Waals surface area contributed by atoms with Crippen molar-refractivity contribution in [1.82, 2.24) is 4.98 Å². The molecule has 0 aliphatic carbocycles. The van der Waals surface area contributed by atoms with Gasteiger partial charge in [0, 0.05) is 24.0 Å². The van der Waals surface area contributed by atoms with E-state index in [0.29, 0.717) is 0 Å². The van der Waals surface area contributed by atoms with E-state index in [4.69, 9.17) is 0 Å². The molecule has 0 amide bonds. The van der Waals surface area contributed by atoms with Crippen LogP contribution in [-0.4, -0.2) is 15.9 Å². The third-order valence-corrected chi connectivity index (χ3v) is 1.14. The van der Waals surface area contributed by atoms with E-state index >= 15 is 0 Å². The number of aromatic nitrogens is 1. The van der Waals surface area contributed by atoms with Crippen LogP contribution in [0.4, 0.5) is 5.82 Å². The molecule has 0 spiro atoms. The van der Waals surface area contributed by atoms with Gasteiger partial charge < -0.3 is 14.9 Å². The Morgan fingerprint density at radius 3 is 2.85 bits per heavy atom. The molecule has 1 aromatic heterocycles. The highest BCUT2D eigenvalue weighted by Crippen LogP contribution is 2.12. The number of esters is 1. The largest absolute Gasteiger partial charge is 0.387 e. The Morgan fingerprint density at radius 2 is 2.31 bits per heavy atom. The lowest BCUT2D eigenvalue weighted by Crippen LogP contribution is -2.03. The van der Waals surface area contributed by atoms with Gasteiger partial charge in [0.2, 0.25) is 0 Å². The van der Waals surface area contributed by atoms with Crippen molar-refractivity contribution in [1.29, 1.82) is 0 Å². The zero-order valence-corrected chi connectivity index (χ0v) is 6.76. The standard InChI is InChI=1S/C7H6N2O4/c1-5(10)13-7-4-2-3-6(8-7)9(11)12/h2-4H,1H3. The fourth-order valence-corrected chi connectivity index (χ4v) is 0.710. The van der Waals surface area contributed by atoms with Crippen molar-refractivity contribution in [2.24, 2.45) is 0 Å². The molecule has 0 radical (unpaired) electrons. The molecular weight excluding hydrogens is 176 g/mol. The van der Waals surface area contributed by atoms with Gasteiger partial charge in [-0.25, -0.2) is 0 Å². The Kier molecular flexibility index (Phi) is 2.53. The van der Waals surface area contributed by atoms with Crippen molar-refractivity contribution in [2.45, 2.75) is 6.92 Å². The van der Waals surface area contributed by atoms with Crippen LogP contribution in [0.3, 0.4) is 0 Å². The molecule has 0 aliphatic rings. The smallest absolute Gasteiger partial charge is 0.367 e. The summed E-state index contributed by atoms with van der Waals surface area (Å²) in [7, 11) is 0. The van der Waals surface area contributed by atoms with Gasteiger partial charge in [0.05, 0.1) is 0 Å². The number of carbonyl (C=O) groups excluding carboxylic acids is 1. The summed E-state index contributed by atoms with van der Waals surface area (Å²) in [5.41, 5.74) is 0. The van der Waals surface area contributed by atoms with Crippen molar-refractivity contribution in [3.8, 4) is 5.88 Å². The van der Waals surface area contributed by atoms with Gasteiger partial charge in [-0.05, 0) is 11.0 Å². The average Bonchev–Trinajstić information content (AvgIpc) is 2.03. The maximum atomic E-state index is 10.5. The molecule has 1 heterocycles. The molecule has 0 saturated heterocycles. The summed E-state index contributed by atoms with van der Waals surface area (Å²) in [6.45, 7) is 1.19. The van der Waals surface area contributed by atoms with Gasteiger partial charge in [-0.15, -0.1) is 0 Å². The fraction of sp³-hybridized carbons (Fsp3) is 0.143. The van der Waals surface area contributed by atoms with Gasteiger partial charge in [0.1, 0.15) is 0 Å². The summed E-state index contributed by atoms with van der Waals surface area (Å²) in [5.74, 6) is -0.978. The Labute approximate surface area is 73.3 Å². The molecule has 13 heavy (non-hydrogen) atoms. The van der Waals surface area contributed by atoms with E-state index in [1.165, 1.54) is 25.1 Å². The van der Waals surface area contributed by atoms with E-state index in [1.807, 2.05) is 0 Å². The number of pyridine rings is 1. The molecule has 0 aromatic carbocycles. The molecule has 1 aromatic rings. The monoisotopic (exact) mass is 182 g/mol. The van der Waals surface area contributed by atoms with Crippen molar-refractivity contribution >= 4 is 11.8 Å². The first-order chi connectivity index (χ1) is 6.09. The van der Waals surface area contributed by atoms with Gasteiger partial charge in [-0.1, -0.05) is 0 Å². The van der Waals surface area contributed by atoms with E-state index < -0.39 is 10.9 Å². The van der Waals surface area contributed by atoms with Crippen molar-refractivity contribution < 1.29 is 14.5 Å². The summed E-state index contributed by atoms with van der Waals surface area (Å²) in [6.07, 6.45) is 0. The number of carbonyl (C=O) groups is 1. The van der Waals surface area contributed by atoms with Crippen LogP contribution in [0, 0.1) is 10.1 Å². The van der Waals surface area contributed by atoms with Crippen LogP contribution >= 0.6 is 0 Å². The second-order valence-corrected chi connectivity index (χ2v) is 2.18. The molecule has 6 nitrogen and oxygen atoms in total. The second-order valence-electron chi connectivity index (χ2n) is 2.18. The lowest BCUT2D eigenvalue weighted by atomic mass is 10.4. The Hall–Kier alpha value is -1.98. The summed E-state index contributed by atoms with van der Waals surface area (Å²) in [6, 6.07) is 3.98. The van der Waals surface area contributed by atoms with E-state index in [1.54, 1.807) is 0 Å². The van der Waals surface area contributed by atoms with Crippen LogP contribution in [-0.2, 0) is 4.79 Å². The van der Waals surface area contributed by atoms with Crippen molar-refractivity contribution in [3.63, 3.8) is 0 Å². The van der Waals surface area contributed by atoms with Gasteiger partial charge in [0.25, 0.3) is 0 Å². The third-order valence-electron chi connectivity index (χ3n) is 1.14. The van der Waals surface area contributed by atoms with Crippen LogP contribution < -0.4 is 4.74 Å². The topological polar surface area (TPSA) is 82.3 Å². The number of hydrogen-bond acceptors (Lipinski definition) is 5. The SMILES string of the molecule is CC(=O)Oc1cccc([N+](=O)[O-])n1. The molecule has 6 heteroatoms. The predicted molar refractivity (Wildman–Crippen MR) is 42.2 cm³/mol. The third kappa shape index (κ3) is 2.51. The van der Waals surface area contributed by atoms with Crippen LogP contribution in [0.15, 0.2) is 18.2 Å². The molecule has 0 fully saturated rings. The lowest BCUT2D eigenvalue weighted by molar-refractivity contribution is -0.389. The van der Waals surface area contributed by atoms with Crippen molar-refractivity contribution in [3.05, 3.63) is 28.3 Å². The molecule has 0 N–H and O–H groups in total. The Morgan fingerprint density at radius 1 is 1.62 bits per heavy atom. The van der Waals surface area contributed by atoms with E-state index in [2.05, 4.69) is 9.72 Å². The average molecular weight is 182 g/mol. The molecule has 68 valence electrons. The van der Waals surface area contributed by atoms with E-state index in [0.717, 1.165) is 0 Å². The minimum absolute atomic E-state index is 0.0679. The van der Waals surface area contributed by atoms with Crippen LogP contribution in [0.2, 0.25) is 0 Å². The Balaban J connectivity index is 2.91. The lowest BCUT2D eigenvalue weighted by Gasteiger charge is -1.94. The highest BCUT2D eigenvalue weighted by molar-refractivity contribution is 5.68. The highest BCUT2D eigenvalue weighted by atomic mass is 16.6. The van der Waals surface area contributed by atoms with E-state index in [9.17, 15) is 14.9 Å². The maximum Gasteiger partial charge on any atom is 0.367 e. The van der Waals surface area contributed by atoms with Crippen LogP contribution in [0.1, 0.15) is 6.92 Å². The number of hydrogen-bond donors (Lipinski definition) is 0. The van der Waals surface area contributed by atoms with E-state index in [-0.39, 0.29) is 11.7 Å². The quantitative estimate of drug-likeness (QED) is 0.385. The summed E-state index contributed by atoms with van der Waals surface area (Å²) in [5, 5.41) is 10.2. The van der Waals surface area contributed by atoms with Crippen LogP contribution in [0.5, 0.6) is 5.88 Å². The normalized spacial score (nSPS) is 9.31. The zero-order chi connectivity index (χ0) is 9.84. The number of rotatable bonds is 2.